The molecule has 1 aromatic heterocycles. The molecule has 1 unspecified atom stereocenters. The molecule has 1 atom stereocenters. The molecule has 5 heteroatoms. The van der Waals surface area contributed by atoms with Crippen LogP contribution in [-0.4, -0.2) is 48.9 Å². The van der Waals surface area contributed by atoms with Gasteiger partial charge in [-0.3, -0.25) is 9.88 Å². The van der Waals surface area contributed by atoms with E-state index in [-0.39, 0.29) is 5.60 Å². The summed E-state index contributed by atoms with van der Waals surface area (Å²) < 4.78 is 17.4. The van der Waals surface area contributed by atoms with E-state index in [4.69, 9.17) is 14.2 Å². The second-order valence-corrected chi connectivity index (χ2v) is 7.23. The van der Waals surface area contributed by atoms with Crippen LogP contribution in [0.2, 0.25) is 0 Å². The Labute approximate surface area is 154 Å². The maximum Gasteiger partial charge on any atom is 0.119 e. The van der Waals surface area contributed by atoms with Gasteiger partial charge in [-0.2, -0.15) is 0 Å². The molecule has 0 saturated carbocycles. The second-order valence-electron chi connectivity index (χ2n) is 7.23. The van der Waals surface area contributed by atoms with Crippen LogP contribution < -0.4 is 4.74 Å². The minimum Gasteiger partial charge on any atom is -0.497 e. The highest BCUT2D eigenvalue weighted by atomic mass is 16.5. The van der Waals surface area contributed by atoms with Gasteiger partial charge in [-0.15, -0.1) is 0 Å². The first-order chi connectivity index (χ1) is 12.8. The molecule has 2 aromatic rings. The molecule has 2 saturated heterocycles. The van der Waals surface area contributed by atoms with Crippen molar-refractivity contribution in [3.63, 3.8) is 0 Å². The molecule has 3 heterocycles. The van der Waals surface area contributed by atoms with Crippen molar-refractivity contribution in [3.8, 4) is 5.75 Å². The molecule has 5 nitrogen and oxygen atoms in total. The lowest BCUT2D eigenvalue weighted by Crippen LogP contribution is -2.64. The zero-order valence-corrected chi connectivity index (χ0v) is 15.3. The predicted molar refractivity (Wildman–Crippen MR) is 99.0 cm³/mol. The zero-order valence-electron chi connectivity index (χ0n) is 15.3. The molecule has 2 aliphatic heterocycles. The van der Waals surface area contributed by atoms with E-state index in [1.807, 2.05) is 30.3 Å². The van der Waals surface area contributed by atoms with Crippen molar-refractivity contribution in [2.45, 2.75) is 25.2 Å². The molecule has 0 N–H and O–H groups in total. The van der Waals surface area contributed by atoms with Crippen LogP contribution in [0, 0.1) is 5.92 Å². The lowest BCUT2D eigenvalue weighted by Gasteiger charge is -2.50. The quantitative estimate of drug-likeness (QED) is 0.765. The molecule has 0 bridgehead atoms. The van der Waals surface area contributed by atoms with E-state index in [0.29, 0.717) is 12.5 Å². The summed E-state index contributed by atoms with van der Waals surface area (Å²) in [7, 11) is 1.71. The van der Waals surface area contributed by atoms with Crippen LogP contribution in [0.15, 0.2) is 48.7 Å². The van der Waals surface area contributed by atoms with Crippen LogP contribution in [-0.2, 0) is 22.6 Å². The SMILES string of the molecule is COc1cccc(CN2CC3(C2)OCCC3COCc2ccccn2)c1. The Morgan fingerprint density at radius 1 is 1.23 bits per heavy atom. The highest BCUT2D eigenvalue weighted by molar-refractivity contribution is 5.28. The average molecular weight is 354 g/mol. The van der Waals surface area contributed by atoms with Crippen LogP contribution in [0.3, 0.4) is 0 Å². The zero-order chi connectivity index (χ0) is 17.8. The Kier molecular flexibility index (Phi) is 5.20. The van der Waals surface area contributed by atoms with Crippen LogP contribution >= 0.6 is 0 Å². The standard InChI is InChI=1S/C21H26N2O3/c1-24-20-7-4-5-17(11-20)12-23-15-21(16-23)18(8-10-26-21)13-25-14-19-6-2-3-9-22-19/h2-7,9,11,18H,8,10,12-16H2,1H3. The number of hydrogen-bond acceptors (Lipinski definition) is 5. The Morgan fingerprint density at radius 3 is 2.96 bits per heavy atom. The number of ether oxygens (including phenoxy) is 3. The molecule has 26 heavy (non-hydrogen) atoms. The van der Waals surface area contributed by atoms with Crippen molar-refractivity contribution >= 4 is 0 Å². The van der Waals surface area contributed by atoms with Crippen LogP contribution in [0.5, 0.6) is 5.75 Å². The molecular weight excluding hydrogens is 328 g/mol. The van der Waals surface area contributed by atoms with E-state index in [1.54, 1.807) is 13.3 Å². The van der Waals surface area contributed by atoms with E-state index < -0.39 is 0 Å². The van der Waals surface area contributed by atoms with Gasteiger partial charge in [-0.25, -0.2) is 0 Å². The van der Waals surface area contributed by atoms with Crippen molar-refractivity contribution in [1.82, 2.24) is 9.88 Å². The normalized spacial score (nSPS) is 21.7. The highest BCUT2D eigenvalue weighted by Gasteiger charge is 2.52. The predicted octanol–water partition coefficient (Wildman–Crippen LogP) is 2.90. The van der Waals surface area contributed by atoms with E-state index in [2.05, 4.69) is 22.0 Å². The van der Waals surface area contributed by atoms with Gasteiger partial charge in [0.25, 0.3) is 0 Å². The molecule has 2 fully saturated rings. The van der Waals surface area contributed by atoms with Crippen LogP contribution in [0.1, 0.15) is 17.7 Å². The van der Waals surface area contributed by atoms with Crippen molar-refractivity contribution < 1.29 is 14.2 Å². The summed E-state index contributed by atoms with van der Waals surface area (Å²) in [5, 5.41) is 0. The summed E-state index contributed by atoms with van der Waals surface area (Å²) in [5.74, 6) is 1.38. The van der Waals surface area contributed by atoms with Gasteiger partial charge in [0.05, 0.1) is 31.6 Å². The Morgan fingerprint density at radius 2 is 2.15 bits per heavy atom. The van der Waals surface area contributed by atoms with Gasteiger partial charge in [0.2, 0.25) is 0 Å². The fourth-order valence-corrected chi connectivity index (χ4v) is 4.01. The van der Waals surface area contributed by atoms with Crippen molar-refractivity contribution in [2.24, 2.45) is 5.92 Å². The maximum absolute atomic E-state index is 6.14. The second kappa shape index (κ2) is 7.74. The first-order valence-corrected chi connectivity index (χ1v) is 9.24. The first kappa shape index (κ1) is 17.5. The Balaban J connectivity index is 1.27. The van der Waals surface area contributed by atoms with Crippen LogP contribution in [0.25, 0.3) is 0 Å². The van der Waals surface area contributed by atoms with Gasteiger partial charge in [0, 0.05) is 38.4 Å². The van der Waals surface area contributed by atoms with E-state index >= 15 is 0 Å². The minimum atomic E-state index is -0.0248. The smallest absolute Gasteiger partial charge is 0.119 e. The molecular formula is C21H26N2O3. The minimum absolute atomic E-state index is 0.0248. The first-order valence-electron chi connectivity index (χ1n) is 9.24. The number of hydrogen-bond donors (Lipinski definition) is 0. The number of methoxy groups -OCH3 is 1. The molecule has 4 rings (SSSR count). The van der Waals surface area contributed by atoms with Gasteiger partial charge >= 0.3 is 0 Å². The Hall–Kier alpha value is -1.95. The third-order valence-electron chi connectivity index (χ3n) is 5.42. The topological polar surface area (TPSA) is 43.8 Å². The van der Waals surface area contributed by atoms with Gasteiger partial charge in [0.1, 0.15) is 5.75 Å². The van der Waals surface area contributed by atoms with Gasteiger partial charge in [-0.05, 0) is 36.2 Å². The number of pyridine rings is 1. The molecule has 0 radical (unpaired) electrons. The number of rotatable bonds is 7. The lowest BCUT2D eigenvalue weighted by atomic mass is 9.81. The van der Waals surface area contributed by atoms with Crippen LogP contribution in [0.4, 0.5) is 0 Å². The van der Waals surface area contributed by atoms with Gasteiger partial charge in [0.15, 0.2) is 0 Å². The fourth-order valence-electron chi connectivity index (χ4n) is 4.01. The van der Waals surface area contributed by atoms with Crippen molar-refractivity contribution in [2.75, 3.05) is 33.4 Å². The van der Waals surface area contributed by atoms with Crippen molar-refractivity contribution in [1.29, 1.82) is 0 Å². The number of nitrogens with zero attached hydrogens (tertiary/aromatic N) is 2. The monoisotopic (exact) mass is 354 g/mol. The molecule has 1 aromatic carbocycles. The summed E-state index contributed by atoms with van der Waals surface area (Å²) in [4.78, 5) is 6.75. The summed E-state index contributed by atoms with van der Waals surface area (Å²) in [6, 6.07) is 14.2. The molecule has 2 aliphatic rings. The van der Waals surface area contributed by atoms with Gasteiger partial charge in [-0.1, -0.05) is 18.2 Å². The molecule has 0 amide bonds. The summed E-state index contributed by atoms with van der Waals surface area (Å²) in [6.07, 6.45) is 2.89. The highest BCUT2D eigenvalue weighted by Crippen LogP contribution is 2.40. The summed E-state index contributed by atoms with van der Waals surface area (Å²) >= 11 is 0. The molecule has 1 spiro atoms. The molecule has 0 aliphatic carbocycles. The third kappa shape index (κ3) is 3.75. The summed E-state index contributed by atoms with van der Waals surface area (Å²) in [5.41, 5.74) is 2.23. The maximum atomic E-state index is 6.14. The summed E-state index contributed by atoms with van der Waals surface area (Å²) in [6.45, 7) is 5.03. The lowest BCUT2D eigenvalue weighted by molar-refractivity contribution is -0.146. The Bertz CT molecular complexity index is 716. The van der Waals surface area contributed by atoms with E-state index in [0.717, 1.165) is 50.7 Å². The van der Waals surface area contributed by atoms with Gasteiger partial charge < -0.3 is 14.2 Å². The number of benzene rings is 1. The number of aromatic nitrogens is 1. The van der Waals surface area contributed by atoms with Crippen molar-refractivity contribution in [3.05, 3.63) is 59.9 Å². The number of likely N-dealkylation sites (tertiary alicyclic amines) is 1. The largest absolute Gasteiger partial charge is 0.497 e. The fraction of sp³-hybridized carbons (Fsp3) is 0.476. The van der Waals surface area contributed by atoms with E-state index in [9.17, 15) is 0 Å². The third-order valence-corrected chi connectivity index (χ3v) is 5.42. The molecule has 138 valence electrons. The average Bonchev–Trinajstić information content (AvgIpc) is 3.06. The van der Waals surface area contributed by atoms with E-state index in [1.165, 1.54) is 5.56 Å².